The van der Waals surface area contributed by atoms with Gasteiger partial charge in [-0.15, -0.1) is 0 Å². The van der Waals surface area contributed by atoms with Crippen molar-refractivity contribution in [2.45, 2.75) is 17.9 Å². The molecular weight excluding hydrogens is 364 g/mol. The fourth-order valence-electron chi connectivity index (χ4n) is 2.58. The van der Waals surface area contributed by atoms with Crippen molar-refractivity contribution in [1.82, 2.24) is 14.3 Å². The number of ether oxygens (including phenoxy) is 1. The Labute approximate surface area is 161 Å². The highest BCUT2D eigenvalue weighted by atomic mass is 32.2. The quantitative estimate of drug-likeness (QED) is 0.262. The van der Waals surface area contributed by atoms with Gasteiger partial charge in [-0.2, -0.15) is 0 Å². The Hall–Kier alpha value is -2.84. The molecule has 0 fully saturated rings. The number of rotatable bonds is 9. The first kappa shape index (κ1) is 18.9. The lowest BCUT2D eigenvalue weighted by molar-refractivity contribution is -0.384. The van der Waals surface area contributed by atoms with Crippen LogP contribution in [0.25, 0.3) is 0 Å². The van der Waals surface area contributed by atoms with Gasteiger partial charge in [0.15, 0.2) is 0 Å². The number of hydrogen-bond acceptors (Lipinski definition) is 6. The van der Waals surface area contributed by atoms with Crippen molar-refractivity contribution in [3.63, 3.8) is 0 Å². The molecule has 0 bridgehead atoms. The summed E-state index contributed by atoms with van der Waals surface area (Å²) in [5.41, 5.74) is 2.21. The van der Waals surface area contributed by atoms with Crippen molar-refractivity contribution in [3.8, 4) is 5.75 Å². The van der Waals surface area contributed by atoms with Crippen LogP contribution in [0.3, 0.4) is 0 Å². The zero-order valence-corrected chi connectivity index (χ0v) is 15.7. The Balaban J connectivity index is 1.50. The zero-order chi connectivity index (χ0) is 19.1. The van der Waals surface area contributed by atoms with Crippen LogP contribution in [0.2, 0.25) is 0 Å². The van der Waals surface area contributed by atoms with E-state index < -0.39 is 4.92 Å². The van der Waals surface area contributed by atoms with E-state index in [4.69, 9.17) is 4.74 Å². The van der Waals surface area contributed by atoms with E-state index in [-0.39, 0.29) is 5.69 Å². The van der Waals surface area contributed by atoms with Gasteiger partial charge in [-0.3, -0.25) is 14.8 Å². The number of imidazole rings is 1. The van der Waals surface area contributed by atoms with Crippen LogP contribution in [-0.4, -0.2) is 28.1 Å². The highest BCUT2D eigenvalue weighted by Crippen LogP contribution is 2.19. The molecule has 1 N–H and O–H groups in total. The van der Waals surface area contributed by atoms with E-state index in [1.165, 1.54) is 12.1 Å². The van der Waals surface area contributed by atoms with Gasteiger partial charge in [-0.1, -0.05) is 12.1 Å². The summed E-state index contributed by atoms with van der Waals surface area (Å²) in [6, 6.07) is 14.5. The third-order valence-electron chi connectivity index (χ3n) is 4.03. The Bertz CT molecular complexity index is 879. The van der Waals surface area contributed by atoms with Crippen molar-refractivity contribution in [2.24, 2.45) is 0 Å². The number of nitro benzene ring substituents is 1. The van der Waals surface area contributed by atoms with E-state index in [1.807, 2.05) is 30.5 Å². The van der Waals surface area contributed by atoms with Crippen LogP contribution >= 0.6 is 11.9 Å². The first-order chi connectivity index (χ1) is 13.2. The van der Waals surface area contributed by atoms with Gasteiger partial charge in [0.25, 0.3) is 5.69 Å². The van der Waals surface area contributed by atoms with Gasteiger partial charge < -0.3 is 9.30 Å². The molecule has 7 nitrogen and oxygen atoms in total. The highest BCUT2D eigenvalue weighted by molar-refractivity contribution is 7.97. The topological polar surface area (TPSA) is 82.2 Å². The van der Waals surface area contributed by atoms with Crippen molar-refractivity contribution in [3.05, 3.63) is 82.4 Å². The van der Waals surface area contributed by atoms with Crippen LogP contribution in [0.15, 0.2) is 66.0 Å². The number of aromatic nitrogens is 2. The lowest BCUT2D eigenvalue weighted by atomic mass is 10.2. The summed E-state index contributed by atoms with van der Waals surface area (Å²) >= 11 is 1.58. The third kappa shape index (κ3) is 5.32. The summed E-state index contributed by atoms with van der Waals surface area (Å²) in [6.07, 6.45) is 4.47. The SMILES string of the molecule is COc1ccc(SNCCc2cncn2Cc2ccc([N+](=O)[O-])cc2)cc1. The van der Waals surface area contributed by atoms with Crippen molar-refractivity contribution in [2.75, 3.05) is 13.7 Å². The van der Waals surface area contributed by atoms with Gasteiger partial charge in [-0.05, 0) is 41.8 Å². The van der Waals surface area contributed by atoms with E-state index >= 15 is 0 Å². The number of nitrogens with one attached hydrogen (secondary N) is 1. The van der Waals surface area contributed by atoms with Crippen LogP contribution in [0.1, 0.15) is 11.3 Å². The minimum absolute atomic E-state index is 0.101. The summed E-state index contributed by atoms with van der Waals surface area (Å²) in [5, 5.41) is 10.7. The van der Waals surface area contributed by atoms with Crippen LogP contribution in [0.4, 0.5) is 5.69 Å². The van der Waals surface area contributed by atoms with E-state index in [0.717, 1.165) is 34.9 Å². The second kappa shape index (κ2) is 9.20. The fourth-order valence-corrected chi connectivity index (χ4v) is 3.22. The van der Waals surface area contributed by atoms with E-state index in [1.54, 1.807) is 37.5 Å². The molecule has 0 atom stereocenters. The van der Waals surface area contributed by atoms with Gasteiger partial charge in [0, 0.05) is 48.4 Å². The molecular formula is C19H20N4O3S. The molecule has 27 heavy (non-hydrogen) atoms. The molecule has 1 heterocycles. The van der Waals surface area contributed by atoms with Crippen LogP contribution in [0.5, 0.6) is 5.75 Å². The number of hydrogen-bond donors (Lipinski definition) is 1. The zero-order valence-electron chi connectivity index (χ0n) is 14.9. The minimum atomic E-state index is -0.390. The maximum Gasteiger partial charge on any atom is 0.269 e. The molecule has 0 saturated heterocycles. The average Bonchev–Trinajstić information content (AvgIpc) is 3.13. The monoisotopic (exact) mass is 384 g/mol. The summed E-state index contributed by atoms with van der Waals surface area (Å²) in [5.74, 6) is 0.842. The highest BCUT2D eigenvalue weighted by Gasteiger charge is 2.07. The van der Waals surface area contributed by atoms with Crippen molar-refractivity contribution >= 4 is 17.6 Å². The molecule has 0 aliphatic rings. The molecule has 3 rings (SSSR count). The van der Waals surface area contributed by atoms with Gasteiger partial charge in [0.2, 0.25) is 0 Å². The third-order valence-corrected chi connectivity index (χ3v) is 4.89. The lowest BCUT2D eigenvalue weighted by Gasteiger charge is -2.09. The average molecular weight is 384 g/mol. The summed E-state index contributed by atoms with van der Waals surface area (Å²) in [4.78, 5) is 15.7. The molecule has 0 spiro atoms. The molecule has 3 aromatic rings. The lowest BCUT2D eigenvalue weighted by Crippen LogP contribution is -2.12. The Morgan fingerprint density at radius 1 is 1.19 bits per heavy atom. The molecule has 0 aliphatic carbocycles. The molecule has 0 aliphatic heterocycles. The Morgan fingerprint density at radius 2 is 1.93 bits per heavy atom. The maximum absolute atomic E-state index is 10.7. The smallest absolute Gasteiger partial charge is 0.269 e. The molecule has 140 valence electrons. The molecule has 0 amide bonds. The Kier molecular flexibility index (Phi) is 6.45. The van der Waals surface area contributed by atoms with Gasteiger partial charge in [-0.25, -0.2) is 4.98 Å². The van der Waals surface area contributed by atoms with E-state index in [0.29, 0.717) is 6.54 Å². The fraction of sp³-hybridized carbons (Fsp3) is 0.211. The van der Waals surface area contributed by atoms with Gasteiger partial charge in [0.05, 0.1) is 18.4 Å². The summed E-state index contributed by atoms with van der Waals surface area (Å²) in [7, 11) is 1.65. The standard InChI is InChI=1S/C19H20N4O3S/c1-26-18-6-8-19(9-7-18)27-21-11-10-17-12-20-14-22(17)13-15-2-4-16(5-3-15)23(24)25/h2-9,12,14,21H,10-11,13H2,1H3. The van der Waals surface area contributed by atoms with Crippen LogP contribution in [-0.2, 0) is 13.0 Å². The first-order valence-electron chi connectivity index (χ1n) is 8.42. The van der Waals surface area contributed by atoms with Gasteiger partial charge in [0.1, 0.15) is 5.75 Å². The van der Waals surface area contributed by atoms with E-state index in [2.05, 4.69) is 14.3 Å². The second-order valence-electron chi connectivity index (χ2n) is 5.86. The molecule has 8 heteroatoms. The molecule has 0 unspecified atom stereocenters. The van der Waals surface area contributed by atoms with Gasteiger partial charge >= 0.3 is 0 Å². The predicted octanol–water partition coefficient (Wildman–Crippen LogP) is 3.69. The second-order valence-corrected chi connectivity index (χ2v) is 6.82. The van der Waals surface area contributed by atoms with Crippen molar-refractivity contribution < 1.29 is 9.66 Å². The normalized spacial score (nSPS) is 10.7. The predicted molar refractivity (Wildman–Crippen MR) is 105 cm³/mol. The minimum Gasteiger partial charge on any atom is -0.497 e. The number of nitro groups is 1. The molecule has 1 aromatic heterocycles. The van der Waals surface area contributed by atoms with Crippen LogP contribution < -0.4 is 9.46 Å². The first-order valence-corrected chi connectivity index (χ1v) is 9.23. The largest absolute Gasteiger partial charge is 0.497 e. The number of methoxy groups -OCH3 is 1. The summed E-state index contributed by atoms with van der Waals surface area (Å²) in [6.45, 7) is 1.43. The molecule has 0 saturated carbocycles. The molecule has 2 aromatic carbocycles. The Morgan fingerprint density at radius 3 is 2.59 bits per heavy atom. The number of nitrogens with zero attached hydrogens (tertiary/aromatic N) is 3. The van der Waals surface area contributed by atoms with E-state index in [9.17, 15) is 10.1 Å². The van der Waals surface area contributed by atoms with Crippen LogP contribution in [0, 0.1) is 10.1 Å². The number of benzene rings is 2. The summed E-state index contributed by atoms with van der Waals surface area (Å²) < 4.78 is 10.6. The maximum atomic E-state index is 10.7. The molecule has 0 radical (unpaired) electrons. The van der Waals surface area contributed by atoms with Crippen molar-refractivity contribution in [1.29, 1.82) is 0 Å². The number of non-ortho nitro benzene ring substituents is 1.